The molecular weight excluding hydrogens is 266 g/mol. The van der Waals surface area contributed by atoms with Crippen molar-refractivity contribution in [3.8, 4) is 0 Å². The second kappa shape index (κ2) is 7.11. The van der Waals surface area contributed by atoms with E-state index in [4.69, 9.17) is 10.8 Å². The predicted molar refractivity (Wildman–Crippen MR) is 77.1 cm³/mol. The number of carboxylic acid groups (broad SMARTS) is 1. The van der Waals surface area contributed by atoms with Gasteiger partial charge in [-0.15, -0.1) is 12.4 Å². The van der Waals surface area contributed by atoms with Crippen LogP contribution in [0.1, 0.15) is 24.0 Å². The molecular formula is C13H18ClN3O2. The maximum atomic E-state index is 10.5. The van der Waals surface area contributed by atoms with Gasteiger partial charge in [0.15, 0.2) is 0 Å². The van der Waals surface area contributed by atoms with Crippen molar-refractivity contribution in [1.82, 2.24) is 9.88 Å². The summed E-state index contributed by atoms with van der Waals surface area (Å²) in [7, 11) is 0. The van der Waals surface area contributed by atoms with Gasteiger partial charge in [-0.1, -0.05) is 0 Å². The van der Waals surface area contributed by atoms with Crippen molar-refractivity contribution >= 4 is 30.3 Å². The summed E-state index contributed by atoms with van der Waals surface area (Å²) < 4.78 is 0. The van der Waals surface area contributed by atoms with Crippen LogP contribution in [0, 0.1) is 0 Å². The minimum Gasteiger partial charge on any atom is -0.478 e. The molecule has 1 fully saturated rings. The van der Waals surface area contributed by atoms with Gasteiger partial charge in [-0.2, -0.15) is 0 Å². The minimum absolute atomic E-state index is 0. The van der Waals surface area contributed by atoms with E-state index >= 15 is 0 Å². The molecule has 6 heteroatoms. The fourth-order valence-corrected chi connectivity index (χ4v) is 2.11. The smallest absolute Gasteiger partial charge is 0.328 e. The largest absolute Gasteiger partial charge is 0.478 e. The Balaban J connectivity index is 0.00000180. The third-order valence-corrected chi connectivity index (χ3v) is 3.03. The number of nitrogen functional groups attached to an aromatic ring is 1. The topological polar surface area (TPSA) is 79.4 Å². The van der Waals surface area contributed by atoms with Gasteiger partial charge in [0.2, 0.25) is 0 Å². The molecule has 1 aliphatic rings. The Morgan fingerprint density at radius 3 is 2.79 bits per heavy atom. The zero-order chi connectivity index (χ0) is 13.0. The second-order valence-electron chi connectivity index (χ2n) is 4.47. The summed E-state index contributed by atoms with van der Waals surface area (Å²) >= 11 is 0. The molecule has 0 amide bonds. The van der Waals surface area contributed by atoms with E-state index in [1.54, 1.807) is 6.20 Å². The summed E-state index contributed by atoms with van der Waals surface area (Å²) in [5.74, 6) is -0.442. The first-order chi connectivity index (χ1) is 8.65. The molecule has 104 valence electrons. The molecule has 19 heavy (non-hydrogen) atoms. The van der Waals surface area contributed by atoms with Crippen molar-refractivity contribution in [3.05, 3.63) is 29.5 Å². The molecule has 0 unspecified atom stereocenters. The Morgan fingerprint density at radius 2 is 2.16 bits per heavy atom. The number of carboxylic acids is 1. The molecule has 0 spiro atoms. The van der Waals surface area contributed by atoms with Crippen LogP contribution in [0.5, 0.6) is 0 Å². The van der Waals surface area contributed by atoms with Gasteiger partial charge < -0.3 is 10.8 Å². The lowest BCUT2D eigenvalue weighted by molar-refractivity contribution is -0.131. The molecule has 0 aliphatic carbocycles. The normalized spacial score (nSPS) is 15.6. The van der Waals surface area contributed by atoms with Crippen molar-refractivity contribution in [2.24, 2.45) is 0 Å². The molecule has 5 nitrogen and oxygen atoms in total. The first-order valence-corrected chi connectivity index (χ1v) is 6.03. The van der Waals surface area contributed by atoms with E-state index in [2.05, 4.69) is 9.88 Å². The van der Waals surface area contributed by atoms with E-state index in [1.807, 2.05) is 6.07 Å². The fourth-order valence-electron chi connectivity index (χ4n) is 2.11. The number of anilines is 1. The maximum Gasteiger partial charge on any atom is 0.328 e. The summed E-state index contributed by atoms with van der Waals surface area (Å²) in [5.41, 5.74) is 7.57. The summed E-state index contributed by atoms with van der Waals surface area (Å²) in [6.45, 7) is 2.97. The third kappa shape index (κ3) is 4.54. The number of nitrogens with two attached hydrogens (primary N) is 1. The van der Waals surface area contributed by atoms with E-state index in [0.29, 0.717) is 5.82 Å². The Labute approximate surface area is 118 Å². The number of aromatic nitrogens is 1. The zero-order valence-corrected chi connectivity index (χ0v) is 11.4. The van der Waals surface area contributed by atoms with Crippen molar-refractivity contribution in [1.29, 1.82) is 0 Å². The summed E-state index contributed by atoms with van der Waals surface area (Å²) in [6.07, 6.45) is 6.68. The van der Waals surface area contributed by atoms with Crippen LogP contribution in [0.25, 0.3) is 6.08 Å². The van der Waals surface area contributed by atoms with Gasteiger partial charge >= 0.3 is 5.97 Å². The fraction of sp³-hybridized carbons (Fsp3) is 0.385. The summed E-state index contributed by atoms with van der Waals surface area (Å²) in [4.78, 5) is 16.9. The average Bonchev–Trinajstić information content (AvgIpc) is 2.83. The molecule has 1 aromatic heterocycles. The van der Waals surface area contributed by atoms with Crippen molar-refractivity contribution in [2.75, 3.05) is 18.8 Å². The van der Waals surface area contributed by atoms with Gasteiger partial charge in [-0.3, -0.25) is 4.90 Å². The highest BCUT2D eigenvalue weighted by Gasteiger charge is 2.13. The quantitative estimate of drug-likeness (QED) is 0.824. The van der Waals surface area contributed by atoms with Crippen LogP contribution in [0.2, 0.25) is 0 Å². The standard InChI is InChI=1S/C13H17N3O2.ClH/c14-13-11(9-16-5-1-2-6-16)7-10(8-15-13)3-4-12(17)18;/h3-4,7-8H,1-2,5-6,9H2,(H2,14,15)(H,17,18);1H/b4-3+;. The molecule has 1 aliphatic heterocycles. The highest BCUT2D eigenvalue weighted by molar-refractivity contribution is 5.85. The number of hydrogen-bond acceptors (Lipinski definition) is 4. The van der Waals surface area contributed by atoms with Gasteiger partial charge in [0, 0.05) is 24.4 Å². The number of pyridine rings is 1. The van der Waals surface area contributed by atoms with Crippen LogP contribution >= 0.6 is 12.4 Å². The van der Waals surface area contributed by atoms with E-state index in [9.17, 15) is 4.79 Å². The Hall–Kier alpha value is -1.59. The van der Waals surface area contributed by atoms with Gasteiger partial charge in [0.25, 0.3) is 0 Å². The third-order valence-electron chi connectivity index (χ3n) is 3.03. The molecule has 2 rings (SSSR count). The molecule has 2 heterocycles. The van der Waals surface area contributed by atoms with Gasteiger partial charge in [0.05, 0.1) is 0 Å². The highest BCUT2D eigenvalue weighted by Crippen LogP contribution is 2.17. The predicted octanol–water partition coefficient (Wildman–Crippen LogP) is 1.78. The van der Waals surface area contributed by atoms with Crippen LogP contribution < -0.4 is 5.73 Å². The number of likely N-dealkylation sites (tertiary alicyclic amines) is 1. The first kappa shape index (κ1) is 15.5. The van der Waals surface area contributed by atoms with Crippen LogP contribution in [-0.2, 0) is 11.3 Å². The van der Waals surface area contributed by atoms with Crippen LogP contribution in [0.3, 0.4) is 0 Å². The number of carbonyl (C=O) groups is 1. The molecule has 0 saturated carbocycles. The Morgan fingerprint density at radius 1 is 1.47 bits per heavy atom. The van der Waals surface area contributed by atoms with Crippen molar-refractivity contribution in [3.63, 3.8) is 0 Å². The van der Waals surface area contributed by atoms with Gasteiger partial charge in [0.1, 0.15) is 5.82 Å². The number of aliphatic carboxylic acids is 1. The molecule has 0 radical (unpaired) electrons. The monoisotopic (exact) mass is 283 g/mol. The molecule has 3 N–H and O–H groups in total. The SMILES string of the molecule is Cl.Nc1ncc(/C=C/C(=O)O)cc1CN1CCCC1. The van der Waals surface area contributed by atoms with Crippen molar-refractivity contribution < 1.29 is 9.90 Å². The minimum atomic E-state index is -0.965. The van der Waals surface area contributed by atoms with Gasteiger partial charge in [-0.25, -0.2) is 9.78 Å². The van der Waals surface area contributed by atoms with E-state index in [1.165, 1.54) is 18.9 Å². The van der Waals surface area contributed by atoms with Gasteiger partial charge in [-0.05, 0) is 43.6 Å². The lowest BCUT2D eigenvalue weighted by Gasteiger charge is -2.15. The molecule has 0 aromatic carbocycles. The average molecular weight is 284 g/mol. The molecule has 1 aromatic rings. The number of hydrogen-bond donors (Lipinski definition) is 2. The molecule has 0 atom stereocenters. The number of nitrogens with zero attached hydrogens (tertiary/aromatic N) is 2. The lowest BCUT2D eigenvalue weighted by Crippen LogP contribution is -2.19. The number of halogens is 1. The van der Waals surface area contributed by atoms with E-state index in [-0.39, 0.29) is 12.4 Å². The Kier molecular flexibility index (Phi) is 5.79. The van der Waals surface area contributed by atoms with Crippen LogP contribution in [0.4, 0.5) is 5.82 Å². The zero-order valence-electron chi connectivity index (χ0n) is 10.6. The summed E-state index contributed by atoms with van der Waals surface area (Å²) in [6, 6.07) is 1.90. The van der Waals surface area contributed by atoms with Crippen LogP contribution in [-0.4, -0.2) is 34.0 Å². The highest BCUT2D eigenvalue weighted by atomic mass is 35.5. The first-order valence-electron chi connectivity index (χ1n) is 6.03. The van der Waals surface area contributed by atoms with E-state index in [0.717, 1.165) is 36.8 Å². The van der Waals surface area contributed by atoms with Crippen LogP contribution in [0.15, 0.2) is 18.3 Å². The van der Waals surface area contributed by atoms with E-state index < -0.39 is 5.97 Å². The number of rotatable bonds is 4. The second-order valence-corrected chi connectivity index (χ2v) is 4.47. The molecule has 1 saturated heterocycles. The maximum absolute atomic E-state index is 10.5. The molecule has 0 bridgehead atoms. The van der Waals surface area contributed by atoms with Crippen molar-refractivity contribution in [2.45, 2.75) is 19.4 Å². The summed E-state index contributed by atoms with van der Waals surface area (Å²) in [5, 5.41) is 8.59. The lowest BCUT2D eigenvalue weighted by atomic mass is 10.1. The Bertz CT molecular complexity index is 471.